The van der Waals surface area contributed by atoms with Gasteiger partial charge in [-0.3, -0.25) is 4.79 Å². The third-order valence-electron chi connectivity index (χ3n) is 4.26. The van der Waals surface area contributed by atoms with E-state index < -0.39 is 0 Å². The van der Waals surface area contributed by atoms with Crippen LogP contribution in [0.1, 0.15) is 45.8 Å². The Hall–Kier alpha value is -1.68. The Kier molecular flexibility index (Phi) is 7.83. The molecule has 0 aliphatic heterocycles. The quantitative estimate of drug-likeness (QED) is 0.365. The molecule has 0 saturated heterocycles. The fraction of sp³-hybridized carbons (Fsp3) is 0.333. The topological polar surface area (TPSA) is 46.2 Å². The molecule has 2 rings (SSSR count). The largest absolute Gasteiger partial charge is 0.316 e. The Balaban J connectivity index is 1.90. The van der Waals surface area contributed by atoms with E-state index >= 15 is 0 Å². The Morgan fingerprint density at radius 3 is 2.38 bits per heavy atom. The summed E-state index contributed by atoms with van der Waals surface area (Å²) in [5.74, 6) is 0.115. The number of hydrogen-bond donors (Lipinski definition) is 1. The number of carbonyl (C=O) groups is 2. The molecular weight excluding hydrogens is 369 g/mol. The van der Waals surface area contributed by atoms with Gasteiger partial charge in [0.15, 0.2) is 5.78 Å². The van der Waals surface area contributed by atoms with Crippen LogP contribution in [-0.4, -0.2) is 25.2 Å². The number of aldehydes is 1. The zero-order chi connectivity index (χ0) is 19.1. The predicted molar refractivity (Wildman–Crippen MR) is 108 cm³/mol. The molecular formula is C21H23Cl2NO2. The van der Waals surface area contributed by atoms with E-state index in [0.29, 0.717) is 36.0 Å². The van der Waals surface area contributed by atoms with Crippen LogP contribution < -0.4 is 5.32 Å². The fourth-order valence-electron chi connectivity index (χ4n) is 2.98. The molecule has 0 radical (unpaired) electrons. The maximum Gasteiger partial charge on any atom is 0.164 e. The standard InChI is InChI=1S/C21H23Cl2NO2/c1-14-9-15(2)11-18(10-14)21(26)5-7-24-13-17(6-8-25)16-3-4-19(22)20(23)12-16/h3-4,8-12,17,24H,5-7,13H2,1-2H3/t17-/m1/s1. The number of benzene rings is 2. The highest BCUT2D eigenvalue weighted by Crippen LogP contribution is 2.27. The first-order chi connectivity index (χ1) is 12.4. The molecule has 0 unspecified atom stereocenters. The summed E-state index contributed by atoms with van der Waals surface area (Å²) in [5.41, 5.74) is 3.89. The van der Waals surface area contributed by atoms with Crippen molar-refractivity contribution in [2.75, 3.05) is 13.1 Å². The molecule has 0 spiro atoms. The van der Waals surface area contributed by atoms with E-state index in [1.165, 1.54) is 0 Å². The monoisotopic (exact) mass is 391 g/mol. The van der Waals surface area contributed by atoms with Crippen molar-refractivity contribution in [2.45, 2.75) is 32.6 Å². The summed E-state index contributed by atoms with van der Waals surface area (Å²) in [6.07, 6.45) is 1.70. The Bertz CT molecular complexity index is 769. The number of Topliss-reactive ketones (excluding diaryl/α,β-unsaturated/α-hetero) is 1. The molecule has 0 aromatic heterocycles. The van der Waals surface area contributed by atoms with E-state index in [1.807, 2.05) is 32.0 Å². The molecule has 2 aromatic carbocycles. The van der Waals surface area contributed by atoms with Gasteiger partial charge in [0, 0.05) is 37.4 Å². The summed E-state index contributed by atoms with van der Waals surface area (Å²) in [6.45, 7) is 5.13. The summed E-state index contributed by atoms with van der Waals surface area (Å²) in [5, 5.41) is 4.25. The van der Waals surface area contributed by atoms with Gasteiger partial charge in [-0.15, -0.1) is 0 Å². The Labute approximate surface area is 164 Å². The zero-order valence-corrected chi connectivity index (χ0v) is 16.5. The molecule has 1 N–H and O–H groups in total. The van der Waals surface area contributed by atoms with E-state index in [2.05, 4.69) is 11.4 Å². The zero-order valence-electron chi connectivity index (χ0n) is 15.0. The molecule has 2 aromatic rings. The van der Waals surface area contributed by atoms with Gasteiger partial charge in [-0.2, -0.15) is 0 Å². The third kappa shape index (κ3) is 5.94. The number of carbonyl (C=O) groups excluding carboxylic acids is 2. The van der Waals surface area contributed by atoms with Gasteiger partial charge in [0.05, 0.1) is 10.0 Å². The molecule has 3 nitrogen and oxygen atoms in total. The number of hydrogen-bond acceptors (Lipinski definition) is 3. The molecule has 5 heteroatoms. The van der Waals surface area contributed by atoms with Crippen LogP contribution in [0.3, 0.4) is 0 Å². The lowest BCUT2D eigenvalue weighted by atomic mass is 9.96. The molecule has 138 valence electrons. The summed E-state index contributed by atoms with van der Waals surface area (Å²) in [6, 6.07) is 11.3. The van der Waals surface area contributed by atoms with Gasteiger partial charge in [0.1, 0.15) is 6.29 Å². The van der Waals surface area contributed by atoms with Crippen LogP contribution in [0.5, 0.6) is 0 Å². The number of ketones is 1. The number of aryl methyl sites for hydroxylation is 2. The number of nitrogens with one attached hydrogen (secondary N) is 1. The van der Waals surface area contributed by atoms with Crippen molar-refractivity contribution >= 4 is 35.3 Å². The van der Waals surface area contributed by atoms with Gasteiger partial charge < -0.3 is 10.1 Å². The average molecular weight is 392 g/mol. The van der Waals surface area contributed by atoms with Crippen molar-refractivity contribution in [3.63, 3.8) is 0 Å². The van der Waals surface area contributed by atoms with Gasteiger partial charge in [-0.25, -0.2) is 0 Å². The minimum Gasteiger partial charge on any atom is -0.316 e. The van der Waals surface area contributed by atoms with Crippen molar-refractivity contribution in [1.82, 2.24) is 5.32 Å². The smallest absolute Gasteiger partial charge is 0.164 e. The summed E-state index contributed by atoms with van der Waals surface area (Å²) in [4.78, 5) is 23.3. The number of halogens is 2. The fourth-order valence-corrected chi connectivity index (χ4v) is 3.28. The second-order valence-electron chi connectivity index (χ2n) is 6.53. The van der Waals surface area contributed by atoms with E-state index in [4.69, 9.17) is 23.2 Å². The lowest BCUT2D eigenvalue weighted by Gasteiger charge is -2.16. The highest BCUT2D eigenvalue weighted by molar-refractivity contribution is 6.42. The molecule has 0 aliphatic carbocycles. The first-order valence-electron chi connectivity index (χ1n) is 8.61. The lowest BCUT2D eigenvalue weighted by molar-refractivity contribution is -0.108. The van der Waals surface area contributed by atoms with Crippen LogP contribution in [0.15, 0.2) is 36.4 Å². The minimum absolute atomic E-state index is 0.00131. The number of rotatable bonds is 9. The summed E-state index contributed by atoms with van der Waals surface area (Å²) >= 11 is 12.0. The van der Waals surface area contributed by atoms with Crippen LogP contribution in [0.2, 0.25) is 10.0 Å². The molecule has 1 atom stereocenters. The molecule has 26 heavy (non-hydrogen) atoms. The second-order valence-corrected chi connectivity index (χ2v) is 7.34. The van der Waals surface area contributed by atoms with Crippen molar-refractivity contribution in [3.05, 3.63) is 68.7 Å². The van der Waals surface area contributed by atoms with Gasteiger partial charge in [0.25, 0.3) is 0 Å². The van der Waals surface area contributed by atoms with Gasteiger partial charge in [0.2, 0.25) is 0 Å². The second kappa shape index (κ2) is 9.86. The molecule has 0 bridgehead atoms. The normalized spacial score (nSPS) is 12.0. The first-order valence-corrected chi connectivity index (χ1v) is 9.37. The molecule has 0 aliphatic rings. The lowest BCUT2D eigenvalue weighted by Crippen LogP contribution is -2.24. The van der Waals surface area contributed by atoms with Crippen molar-refractivity contribution in [2.24, 2.45) is 0 Å². The van der Waals surface area contributed by atoms with Crippen molar-refractivity contribution < 1.29 is 9.59 Å². The van der Waals surface area contributed by atoms with Crippen LogP contribution in [0, 0.1) is 13.8 Å². The van der Waals surface area contributed by atoms with Crippen molar-refractivity contribution in [3.8, 4) is 0 Å². The maximum absolute atomic E-state index is 12.3. The van der Waals surface area contributed by atoms with Crippen LogP contribution in [-0.2, 0) is 4.79 Å². The summed E-state index contributed by atoms with van der Waals surface area (Å²) < 4.78 is 0. The third-order valence-corrected chi connectivity index (χ3v) is 5.00. The Morgan fingerprint density at radius 1 is 1.08 bits per heavy atom. The Morgan fingerprint density at radius 2 is 1.77 bits per heavy atom. The molecule has 0 amide bonds. The van der Waals surface area contributed by atoms with Gasteiger partial charge >= 0.3 is 0 Å². The first kappa shape index (κ1) is 20.6. The summed E-state index contributed by atoms with van der Waals surface area (Å²) in [7, 11) is 0. The molecule has 0 heterocycles. The highest BCUT2D eigenvalue weighted by Gasteiger charge is 2.13. The van der Waals surface area contributed by atoms with Crippen LogP contribution >= 0.6 is 23.2 Å². The minimum atomic E-state index is -0.00131. The van der Waals surface area contributed by atoms with E-state index in [-0.39, 0.29) is 11.7 Å². The van der Waals surface area contributed by atoms with Gasteiger partial charge in [-0.1, -0.05) is 46.5 Å². The predicted octanol–water partition coefficient (Wildman–Crippen LogP) is 5.15. The molecule has 0 fully saturated rings. The van der Waals surface area contributed by atoms with Crippen LogP contribution in [0.25, 0.3) is 0 Å². The maximum atomic E-state index is 12.3. The highest BCUT2D eigenvalue weighted by atomic mass is 35.5. The molecule has 0 saturated carbocycles. The SMILES string of the molecule is Cc1cc(C)cc(C(=O)CCNC[C@@H](CC=O)c2ccc(Cl)c(Cl)c2)c1. The van der Waals surface area contributed by atoms with Gasteiger partial charge in [-0.05, 0) is 43.7 Å². The van der Waals surface area contributed by atoms with E-state index in [1.54, 1.807) is 12.1 Å². The van der Waals surface area contributed by atoms with E-state index in [0.717, 1.165) is 28.5 Å². The van der Waals surface area contributed by atoms with Crippen molar-refractivity contribution in [1.29, 1.82) is 0 Å². The van der Waals surface area contributed by atoms with Crippen LogP contribution in [0.4, 0.5) is 0 Å². The average Bonchev–Trinajstić information content (AvgIpc) is 2.59. The van der Waals surface area contributed by atoms with E-state index in [9.17, 15) is 9.59 Å².